The number of aryl methyl sites for hydroxylation is 1. The van der Waals surface area contributed by atoms with Gasteiger partial charge in [-0.15, -0.1) is 0 Å². The largest absolute Gasteiger partial charge is 0.484 e. The van der Waals surface area contributed by atoms with Crippen molar-refractivity contribution in [2.45, 2.75) is 18.6 Å². The van der Waals surface area contributed by atoms with Crippen LogP contribution in [0.4, 0.5) is 11.4 Å². The molecule has 142 valence electrons. The highest BCUT2D eigenvalue weighted by molar-refractivity contribution is 7.83. The molecule has 0 saturated heterocycles. The Bertz CT molecular complexity index is 917. The Labute approximate surface area is 164 Å². The van der Waals surface area contributed by atoms with Crippen LogP contribution < -0.4 is 15.4 Å². The number of anilines is 2. The molecule has 1 aliphatic heterocycles. The summed E-state index contributed by atoms with van der Waals surface area (Å²) in [6.45, 7) is -0.150. The van der Waals surface area contributed by atoms with E-state index in [1.807, 2.05) is 6.07 Å². The minimum atomic E-state index is -1.03. The maximum atomic E-state index is 12.1. The molecule has 2 amide bonds. The fourth-order valence-corrected chi connectivity index (χ4v) is 3.72. The normalized spacial score (nSPS) is 14.1. The van der Waals surface area contributed by atoms with Gasteiger partial charge in [0.2, 0.25) is 5.91 Å². The van der Waals surface area contributed by atoms with Crippen molar-refractivity contribution in [3.63, 3.8) is 0 Å². The second kappa shape index (κ2) is 8.54. The first-order chi connectivity index (χ1) is 12.9. The molecule has 1 heterocycles. The van der Waals surface area contributed by atoms with Gasteiger partial charge in [-0.25, -0.2) is 0 Å². The molecule has 27 heavy (non-hydrogen) atoms. The van der Waals surface area contributed by atoms with E-state index in [2.05, 4.69) is 10.6 Å². The standard InChI is InChI=1S/C19H19ClN2O4S/c1-27(25)11-13-8-14(3-5-16(13)20)21-19(24)10-26-15-4-6-17-12(9-15)2-7-18(23)22-17/h3-6,8-9H,2,7,10-11H2,1H3,(H,21,24)(H,22,23). The first-order valence-corrected chi connectivity index (χ1v) is 10.4. The van der Waals surface area contributed by atoms with E-state index in [4.69, 9.17) is 16.3 Å². The number of hydrogen-bond donors (Lipinski definition) is 2. The van der Waals surface area contributed by atoms with Gasteiger partial charge >= 0.3 is 0 Å². The van der Waals surface area contributed by atoms with Crippen LogP contribution in [-0.4, -0.2) is 28.9 Å². The number of fused-ring (bicyclic) bond motifs is 1. The van der Waals surface area contributed by atoms with E-state index in [-0.39, 0.29) is 18.4 Å². The van der Waals surface area contributed by atoms with Crippen LogP contribution in [0.5, 0.6) is 5.75 Å². The summed E-state index contributed by atoms with van der Waals surface area (Å²) in [4.78, 5) is 23.5. The molecule has 8 heteroatoms. The number of rotatable bonds is 6. The monoisotopic (exact) mass is 406 g/mol. The lowest BCUT2D eigenvalue weighted by Crippen LogP contribution is -2.21. The molecule has 1 aliphatic rings. The summed E-state index contributed by atoms with van der Waals surface area (Å²) < 4.78 is 17.0. The summed E-state index contributed by atoms with van der Waals surface area (Å²) in [7, 11) is -1.03. The van der Waals surface area contributed by atoms with E-state index in [1.54, 1.807) is 36.6 Å². The second-order valence-electron chi connectivity index (χ2n) is 6.23. The third kappa shape index (κ3) is 5.30. The molecule has 0 spiro atoms. The van der Waals surface area contributed by atoms with Gasteiger partial charge in [0.25, 0.3) is 5.91 Å². The van der Waals surface area contributed by atoms with Crippen molar-refractivity contribution in [3.8, 4) is 5.75 Å². The molecule has 1 unspecified atom stereocenters. The van der Waals surface area contributed by atoms with E-state index in [0.29, 0.717) is 40.6 Å². The SMILES string of the molecule is CS(=O)Cc1cc(NC(=O)COc2ccc3c(c2)CCC(=O)N3)ccc1Cl. The van der Waals surface area contributed by atoms with Gasteiger partial charge in [-0.2, -0.15) is 0 Å². The third-order valence-corrected chi connectivity index (χ3v) is 5.12. The third-order valence-electron chi connectivity index (χ3n) is 4.03. The average Bonchev–Trinajstić information content (AvgIpc) is 2.62. The predicted molar refractivity (Wildman–Crippen MR) is 107 cm³/mol. The number of carbonyl (C=O) groups is 2. The summed E-state index contributed by atoms with van der Waals surface area (Å²) in [6.07, 6.45) is 2.69. The summed E-state index contributed by atoms with van der Waals surface area (Å²) in [5.41, 5.74) is 3.06. The highest BCUT2D eigenvalue weighted by Gasteiger charge is 2.15. The Morgan fingerprint density at radius 3 is 2.85 bits per heavy atom. The van der Waals surface area contributed by atoms with Crippen molar-refractivity contribution in [3.05, 3.63) is 52.5 Å². The number of amides is 2. The van der Waals surface area contributed by atoms with E-state index >= 15 is 0 Å². The van der Waals surface area contributed by atoms with Gasteiger partial charge in [-0.1, -0.05) is 11.6 Å². The van der Waals surface area contributed by atoms with Gasteiger partial charge < -0.3 is 15.4 Å². The molecule has 2 N–H and O–H groups in total. The van der Waals surface area contributed by atoms with Crippen molar-refractivity contribution >= 4 is 45.6 Å². The van der Waals surface area contributed by atoms with Crippen molar-refractivity contribution in [1.82, 2.24) is 0 Å². The number of hydrogen-bond acceptors (Lipinski definition) is 4. The molecule has 0 bridgehead atoms. The zero-order valence-corrected chi connectivity index (χ0v) is 16.3. The zero-order chi connectivity index (χ0) is 19.4. The molecule has 6 nitrogen and oxygen atoms in total. The summed E-state index contributed by atoms with van der Waals surface area (Å²) in [5, 5.41) is 6.06. The van der Waals surface area contributed by atoms with Crippen LogP contribution in [0.1, 0.15) is 17.5 Å². The highest BCUT2D eigenvalue weighted by atomic mass is 35.5. The average molecular weight is 407 g/mol. The molecule has 1 atom stereocenters. The van der Waals surface area contributed by atoms with Gasteiger partial charge in [0.15, 0.2) is 6.61 Å². The van der Waals surface area contributed by atoms with Gasteiger partial charge in [0.05, 0.1) is 0 Å². The molecule has 0 saturated carbocycles. The van der Waals surface area contributed by atoms with Crippen molar-refractivity contribution in [1.29, 1.82) is 0 Å². The Kier molecular flexibility index (Phi) is 6.13. The van der Waals surface area contributed by atoms with E-state index in [1.165, 1.54) is 0 Å². The predicted octanol–water partition coefficient (Wildman–Crippen LogP) is 3.12. The van der Waals surface area contributed by atoms with E-state index < -0.39 is 10.8 Å². The number of ether oxygens (including phenoxy) is 1. The fraction of sp³-hybridized carbons (Fsp3) is 0.263. The van der Waals surface area contributed by atoms with Crippen LogP contribution in [0.25, 0.3) is 0 Å². The second-order valence-corrected chi connectivity index (χ2v) is 8.07. The summed E-state index contributed by atoms with van der Waals surface area (Å²) in [6, 6.07) is 10.4. The molecule has 0 aliphatic carbocycles. The molecular weight excluding hydrogens is 388 g/mol. The van der Waals surface area contributed by atoms with Gasteiger partial charge in [-0.3, -0.25) is 13.8 Å². The first-order valence-electron chi connectivity index (χ1n) is 8.34. The molecule has 0 aromatic heterocycles. The minimum absolute atomic E-state index is 0.00443. The summed E-state index contributed by atoms with van der Waals surface area (Å²) in [5.74, 6) is 0.583. The number of carbonyl (C=O) groups excluding carboxylic acids is 2. The first kappa shape index (κ1) is 19.4. The smallest absolute Gasteiger partial charge is 0.262 e. The Morgan fingerprint density at radius 1 is 1.26 bits per heavy atom. The zero-order valence-electron chi connectivity index (χ0n) is 14.7. The Hall–Kier alpha value is -2.38. The topological polar surface area (TPSA) is 84.5 Å². The number of benzene rings is 2. The Balaban J connectivity index is 1.59. The van der Waals surface area contributed by atoms with Crippen molar-refractivity contribution in [2.75, 3.05) is 23.5 Å². The van der Waals surface area contributed by atoms with Crippen molar-refractivity contribution < 1.29 is 18.5 Å². The van der Waals surface area contributed by atoms with Crippen LogP contribution in [0.3, 0.4) is 0 Å². The lowest BCUT2D eigenvalue weighted by molar-refractivity contribution is -0.118. The molecule has 0 fully saturated rings. The fourth-order valence-electron chi connectivity index (χ4n) is 2.78. The number of halogens is 1. The van der Waals surface area contributed by atoms with Crippen molar-refractivity contribution in [2.24, 2.45) is 0 Å². The quantitative estimate of drug-likeness (QED) is 0.771. The number of nitrogens with one attached hydrogen (secondary N) is 2. The van der Waals surface area contributed by atoms with Gasteiger partial charge in [0.1, 0.15) is 5.75 Å². The van der Waals surface area contributed by atoms with E-state index in [0.717, 1.165) is 11.3 Å². The van der Waals surface area contributed by atoms with Crippen LogP contribution >= 0.6 is 11.6 Å². The highest BCUT2D eigenvalue weighted by Crippen LogP contribution is 2.27. The lowest BCUT2D eigenvalue weighted by Gasteiger charge is -2.17. The van der Waals surface area contributed by atoms with Gasteiger partial charge in [-0.05, 0) is 53.9 Å². The maximum absolute atomic E-state index is 12.1. The van der Waals surface area contributed by atoms with Crippen LogP contribution in [0, 0.1) is 0 Å². The molecule has 3 rings (SSSR count). The summed E-state index contributed by atoms with van der Waals surface area (Å²) >= 11 is 6.09. The van der Waals surface area contributed by atoms with Crippen LogP contribution in [0.15, 0.2) is 36.4 Å². The van der Waals surface area contributed by atoms with E-state index in [9.17, 15) is 13.8 Å². The minimum Gasteiger partial charge on any atom is -0.484 e. The van der Waals surface area contributed by atoms with Gasteiger partial charge in [0, 0.05) is 45.6 Å². The molecule has 2 aromatic carbocycles. The van der Waals surface area contributed by atoms with Crippen LogP contribution in [0.2, 0.25) is 5.02 Å². The molecular formula is C19H19ClN2O4S. The Morgan fingerprint density at radius 2 is 2.07 bits per heavy atom. The molecule has 0 radical (unpaired) electrons. The maximum Gasteiger partial charge on any atom is 0.262 e. The van der Waals surface area contributed by atoms with Crippen LogP contribution in [-0.2, 0) is 32.6 Å². The lowest BCUT2D eigenvalue weighted by atomic mass is 10.0. The molecule has 2 aromatic rings.